The molecule has 3 rings (SSSR count). The van der Waals surface area contributed by atoms with Gasteiger partial charge < -0.3 is 10.2 Å². The topological polar surface area (TPSA) is 49.4 Å². The van der Waals surface area contributed by atoms with Crippen molar-refractivity contribution in [3.8, 4) is 0 Å². The largest absolute Gasteiger partial charge is 0.356 e. The first-order chi connectivity index (χ1) is 13.8. The predicted molar refractivity (Wildman–Crippen MR) is 107 cm³/mol. The minimum atomic E-state index is -0.464. The van der Waals surface area contributed by atoms with E-state index in [0.29, 0.717) is 30.1 Å². The molecule has 0 radical (unpaired) electrons. The van der Waals surface area contributed by atoms with Gasteiger partial charge in [-0.3, -0.25) is 9.59 Å². The number of hydrogen-bond donors (Lipinski definition) is 1. The van der Waals surface area contributed by atoms with Gasteiger partial charge in [-0.05, 0) is 54.3 Å². The lowest BCUT2D eigenvalue weighted by Gasteiger charge is -2.18. The van der Waals surface area contributed by atoms with Gasteiger partial charge in [-0.15, -0.1) is 0 Å². The molecule has 0 aromatic heterocycles. The summed E-state index contributed by atoms with van der Waals surface area (Å²) in [6.45, 7) is 5.28. The summed E-state index contributed by atoms with van der Waals surface area (Å²) in [5.74, 6) is -1.47. The van der Waals surface area contributed by atoms with Crippen LogP contribution in [0.25, 0.3) is 0 Å². The number of carbonyl (C=O) groups excluding carboxylic acids is 2. The third kappa shape index (κ3) is 5.19. The van der Waals surface area contributed by atoms with Gasteiger partial charge in [-0.1, -0.05) is 26.0 Å². The summed E-state index contributed by atoms with van der Waals surface area (Å²) in [6, 6.07) is 11.5. The van der Waals surface area contributed by atoms with Crippen LogP contribution in [0, 0.1) is 23.5 Å². The van der Waals surface area contributed by atoms with E-state index in [2.05, 4.69) is 19.2 Å². The number of halogens is 2. The first-order valence-corrected chi connectivity index (χ1v) is 9.93. The van der Waals surface area contributed by atoms with Crippen molar-refractivity contribution in [3.05, 3.63) is 71.3 Å². The van der Waals surface area contributed by atoms with Crippen molar-refractivity contribution in [2.45, 2.75) is 26.2 Å². The summed E-state index contributed by atoms with van der Waals surface area (Å²) < 4.78 is 27.0. The molecule has 0 bridgehead atoms. The molecule has 1 heterocycles. The van der Waals surface area contributed by atoms with Gasteiger partial charge in [0.2, 0.25) is 5.91 Å². The van der Waals surface area contributed by atoms with Crippen molar-refractivity contribution in [1.82, 2.24) is 10.2 Å². The molecule has 0 aliphatic carbocycles. The smallest absolute Gasteiger partial charge is 0.253 e. The highest BCUT2D eigenvalue weighted by Gasteiger charge is 2.40. The van der Waals surface area contributed by atoms with E-state index in [9.17, 15) is 18.4 Å². The predicted octanol–water partition coefficient (Wildman–Crippen LogP) is 3.98. The Kier molecular flexibility index (Phi) is 6.62. The highest BCUT2D eigenvalue weighted by molar-refractivity contribution is 5.95. The van der Waals surface area contributed by atoms with E-state index in [4.69, 9.17) is 0 Å². The van der Waals surface area contributed by atoms with Crippen LogP contribution in [-0.4, -0.2) is 36.3 Å². The van der Waals surface area contributed by atoms with E-state index in [1.54, 1.807) is 17.0 Å². The number of carbonyl (C=O) groups is 2. The van der Waals surface area contributed by atoms with Crippen molar-refractivity contribution in [2.75, 3.05) is 19.6 Å². The minimum absolute atomic E-state index is 0.130. The van der Waals surface area contributed by atoms with Crippen molar-refractivity contribution in [3.63, 3.8) is 0 Å². The van der Waals surface area contributed by atoms with Crippen molar-refractivity contribution < 1.29 is 18.4 Å². The van der Waals surface area contributed by atoms with Crippen LogP contribution in [0.1, 0.15) is 42.1 Å². The van der Waals surface area contributed by atoms with Gasteiger partial charge in [0.15, 0.2) is 0 Å². The molecule has 0 saturated carbocycles. The Morgan fingerprint density at radius 1 is 1.07 bits per heavy atom. The zero-order valence-electron chi connectivity index (χ0n) is 16.7. The van der Waals surface area contributed by atoms with Gasteiger partial charge in [-0.2, -0.15) is 0 Å². The molecule has 2 atom stereocenters. The van der Waals surface area contributed by atoms with Gasteiger partial charge in [0.1, 0.15) is 11.6 Å². The number of rotatable bonds is 6. The van der Waals surface area contributed by atoms with Crippen LogP contribution in [0.2, 0.25) is 0 Å². The summed E-state index contributed by atoms with van der Waals surface area (Å²) in [7, 11) is 0. The molecular weight excluding hydrogens is 374 g/mol. The summed E-state index contributed by atoms with van der Waals surface area (Å²) >= 11 is 0. The van der Waals surface area contributed by atoms with Crippen LogP contribution in [0.15, 0.2) is 48.5 Å². The molecule has 1 aliphatic rings. The second-order valence-corrected chi connectivity index (χ2v) is 7.96. The monoisotopic (exact) mass is 400 g/mol. The number of benzene rings is 2. The zero-order chi connectivity index (χ0) is 21.0. The van der Waals surface area contributed by atoms with E-state index >= 15 is 0 Å². The maximum atomic E-state index is 13.8. The second kappa shape index (κ2) is 9.16. The van der Waals surface area contributed by atoms with Crippen LogP contribution in [0.3, 0.4) is 0 Å². The summed E-state index contributed by atoms with van der Waals surface area (Å²) in [6.07, 6.45) is 0.862. The molecule has 29 heavy (non-hydrogen) atoms. The van der Waals surface area contributed by atoms with Crippen molar-refractivity contribution in [2.24, 2.45) is 11.8 Å². The number of nitrogens with zero attached hydrogens (tertiary/aromatic N) is 1. The lowest BCUT2D eigenvalue weighted by atomic mass is 9.88. The fraction of sp³-hybridized carbons (Fsp3) is 0.391. The van der Waals surface area contributed by atoms with Crippen LogP contribution in [0.4, 0.5) is 8.78 Å². The average molecular weight is 400 g/mol. The fourth-order valence-electron chi connectivity index (χ4n) is 3.70. The van der Waals surface area contributed by atoms with E-state index in [1.807, 2.05) is 0 Å². The first-order valence-electron chi connectivity index (χ1n) is 9.93. The molecule has 2 aromatic carbocycles. The van der Waals surface area contributed by atoms with Crippen LogP contribution in [-0.2, 0) is 4.79 Å². The highest BCUT2D eigenvalue weighted by atomic mass is 19.1. The maximum Gasteiger partial charge on any atom is 0.253 e. The molecule has 1 saturated heterocycles. The zero-order valence-corrected chi connectivity index (χ0v) is 16.7. The Balaban J connectivity index is 1.80. The van der Waals surface area contributed by atoms with Gasteiger partial charge in [0.05, 0.1) is 5.92 Å². The van der Waals surface area contributed by atoms with Crippen molar-refractivity contribution >= 4 is 11.8 Å². The SMILES string of the molecule is CC(C)CCNC(=O)[C@@H]1CN(C(=O)c2ccc(F)cc2)C[C@H]1c1cccc(F)c1. The Bertz CT molecular complexity index is 867. The van der Waals surface area contributed by atoms with Crippen LogP contribution < -0.4 is 5.32 Å². The van der Waals surface area contributed by atoms with Gasteiger partial charge in [0, 0.05) is 31.1 Å². The van der Waals surface area contributed by atoms with E-state index in [-0.39, 0.29) is 30.1 Å². The lowest BCUT2D eigenvalue weighted by molar-refractivity contribution is -0.124. The molecule has 154 valence electrons. The van der Waals surface area contributed by atoms with E-state index in [0.717, 1.165) is 6.42 Å². The minimum Gasteiger partial charge on any atom is -0.356 e. The summed E-state index contributed by atoms with van der Waals surface area (Å²) in [5.41, 5.74) is 1.06. The second-order valence-electron chi connectivity index (χ2n) is 7.96. The normalized spacial score (nSPS) is 18.9. The maximum absolute atomic E-state index is 13.8. The third-order valence-electron chi connectivity index (χ3n) is 5.33. The Labute approximate surface area is 169 Å². The molecule has 2 aromatic rings. The fourth-order valence-corrected chi connectivity index (χ4v) is 3.70. The highest BCUT2D eigenvalue weighted by Crippen LogP contribution is 2.34. The van der Waals surface area contributed by atoms with Gasteiger partial charge in [0.25, 0.3) is 5.91 Å². The molecule has 1 N–H and O–H groups in total. The van der Waals surface area contributed by atoms with Gasteiger partial charge >= 0.3 is 0 Å². The first kappa shape index (κ1) is 21.0. The van der Waals surface area contributed by atoms with Crippen molar-refractivity contribution in [1.29, 1.82) is 0 Å². The number of nitrogens with one attached hydrogen (secondary N) is 1. The summed E-state index contributed by atoms with van der Waals surface area (Å²) in [5, 5.41) is 2.96. The van der Waals surface area contributed by atoms with Crippen LogP contribution >= 0.6 is 0 Å². The molecule has 1 aliphatic heterocycles. The number of amides is 2. The van der Waals surface area contributed by atoms with Crippen LogP contribution in [0.5, 0.6) is 0 Å². The quantitative estimate of drug-likeness (QED) is 0.797. The van der Waals surface area contributed by atoms with Gasteiger partial charge in [-0.25, -0.2) is 8.78 Å². The average Bonchev–Trinajstić information content (AvgIpc) is 3.13. The molecule has 6 heteroatoms. The standard InChI is InChI=1S/C23H26F2N2O2/c1-15(2)10-11-26-22(28)21-14-27(23(29)16-6-8-18(24)9-7-16)13-20(21)17-4-3-5-19(25)12-17/h3-9,12,15,20-21H,10-11,13-14H2,1-2H3,(H,26,28)/t20-,21+/m0/s1. The van der Waals surface area contributed by atoms with E-state index < -0.39 is 11.7 Å². The molecule has 0 unspecified atom stereocenters. The summed E-state index contributed by atoms with van der Waals surface area (Å²) in [4.78, 5) is 27.3. The number of hydrogen-bond acceptors (Lipinski definition) is 2. The molecule has 2 amide bonds. The molecular formula is C23H26F2N2O2. The molecule has 1 fully saturated rings. The Hall–Kier alpha value is -2.76. The molecule has 0 spiro atoms. The third-order valence-corrected chi connectivity index (χ3v) is 5.33. The van der Waals surface area contributed by atoms with E-state index in [1.165, 1.54) is 36.4 Å². The lowest BCUT2D eigenvalue weighted by Crippen LogP contribution is -2.36. The molecule has 4 nitrogen and oxygen atoms in total. The Morgan fingerprint density at radius 2 is 1.79 bits per heavy atom. The Morgan fingerprint density at radius 3 is 2.45 bits per heavy atom. The number of likely N-dealkylation sites (tertiary alicyclic amines) is 1.